The first-order valence-electron chi connectivity index (χ1n) is 4.62. The lowest BCUT2D eigenvalue weighted by Crippen LogP contribution is -2.23. The molecule has 2 N–H and O–H groups in total. The van der Waals surface area contributed by atoms with Gasteiger partial charge >= 0.3 is 6.09 Å². The quantitative estimate of drug-likeness (QED) is 0.784. The molecular formula is C10H11ClN2O2. The fourth-order valence-corrected chi connectivity index (χ4v) is 1.67. The Labute approximate surface area is 92.6 Å². The standard InChI is InChI=1S/C10H11ClN2O2/c11-8-2-1-7(9(12)5-8)6-13-3-4-15-10(13)14/h1-2,5H,3-4,6,12H2. The first-order valence-corrected chi connectivity index (χ1v) is 5.00. The molecule has 0 saturated carbocycles. The molecule has 0 unspecified atom stereocenters. The van der Waals surface area contributed by atoms with Crippen molar-refractivity contribution in [3.8, 4) is 0 Å². The number of benzene rings is 1. The lowest BCUT2D eigenvalue weighted by atomic mass is 10.2. The molecule has 0 bridgehead atoms. The predicted octanol–water partition coefficient (Wildman–Crippen LogP) is 1.87. The Bertz CT molecular complexity index is 395. The number of anilines is 1. The van der Waals surface area contributed by atoms with Crippen LogP contribution in [0.4, 0.5) is 10.5 Å². The van der Waals surface area contributed by atoms with E-state index in [-0.39, 0.29) is 6.09 Å². The summed E-state index contributed by atoms with van der Waals surface area (Å²) in [6.45, 7) is 1.54. The number of hydrogen-bond donors (Lipinski definition) is 1. The molecule has 1 saturated heterocycles. The fraction of sp³-hybridized carbons (Fsp3) is 0.300. The number of amides is 1. The van der Waals surface area contributed by atoms with Gasteiger partial charge in [-0.2, -0.15) is 0 Å². The first-order chi connectivity index (χ1) is 7.16. The fourth-order valence-electron chi connectivity index (χ4n) is 1.48. The van der Waals surface area contributed by atoms with Crippen molar-refractivity contribution < 1.29 is 9.53 Å². The third-order valence-electron chi connectivity index (χ3n) is 2.31. The molecule has 4 nitrogen and oxygen atoms in total. The summed E-state index contributed by atoms with van der Waals surface area (Å²) in [7, 11) is 0. The van der Waals surface area contributed by atoms with E-state index in [1.165, 1.54) is 0 Å². The third kappa shape index (κ3) is 2.15. The number of nitrogens with two attached hydrogens (primary N) is 1. The minimum absolute atomic E-state index is 0.288. The van der Waals surface area contributed by atoms with E-state index in [2.05, 4.69) is 0 Å². The van der Waals surface area contributed by atoms with Crippen LogP contribution < -0.4 is 5.73 Å². The monoisotopic (exact) mass is 226 g/mol. The maximum atomic E-state index is 11.2. The van der Waals surface area contributed by atoms with Gasteiger partial charge in [0, 0.05) is 10.7 Å². The second-order valence-electron chi connectivity index (χ2n) is 3.38. The maximum absolute atomic E-state index is 11.2. The molecule has 1 fully saturated rings. The van der Waals surface area contributed by atoms with Gasteiger partial charge in [0.15, 0.2) is 0 Å². The summed E-state index contributed by atoms with van der Waals surface area (Å²) >= 11 is 5.78. The molecule has 0 aliphatic carbocycles. The van der Waals surface area contributed by atoms with Crippen molar-refractivity contribution >= 4 is 23.4 Å². The van der Waals surface area contributed by atoms with Crippen LogP contribution in [0.1, 0.15) is 5.56 Å². The summed E-state index contributed by atoms with van der Waals surface area (Å²) in [5.41, 5.74) is 7.27. The summed E-state index contributed by atoms with van der Waals surface area (Å²) in [4.78, 5) is 12.8. The lowest BCUT2D eigenvalue weighted by Gasteiger charge is -2.14. The van der Waals surface area contributed by atoms with Gasteiger partial charge < -0.3 is 15.4 Å². The van der Waals surface area contributed by atoms with Gasteiger partial charge in [-0.05, 0) is 17.7 Å². The molecule has 15 heavy (non-hydrogen) atoms. The van der Waals surface area contributed by atoms with Crippen LogP contribution in [0, 0.1) is 0 Å². The average Bonchev–Trinajstić information content (AvgIpc) is 2.57. The van der Waals surface area contributed by atoms with Crippen molar-refractivity contribution in [2.45, 2.75) is 6.54 Å². The Hall–Kier alpha value is -1.42. The topological polar surface area (TPSA) is 55.6 Å². The van der Waals surface area contributed by atoms with Gasteiger partial charge in [-0.25, -0.2) is 4.79 Å². The highest BCUT2D eigenvalue weighted by Gasteiger charge is 2.22. The molecule has 1 amide bonds. The van der Waals surface area contributed by atoms with Gasteiger partial charge in [-0.15, -0.1) is 0 Å². The number of ether oxygens (including phenoxy) is 1. The van der Waals surface area contributed by atoms with Gasteiger partial charge in [0.2, 0.25) is 0 Å². The van der Waals surface area contributed by atoms with Crippen LogP contribution in [0.5, 0.6) is 0 Å². The first kappa shape index (κ1) is 10.1. The minimum Gasteiger partial charge on any atom is -0.448 e. The Morgan fingerprint density at radius 2 is 2.33 bits per heavy atom. The molecule has 0 spiro atoms. The third-order valence-corrected chi connectivity index (χ3v) is 2.55. The molecular weight excluding hydrogens is 216 g/mol. The molecule has 1 aliphatic rings. The summed E-state index contributed by atoms with van der Waals surface area (Å²) in [5, 5.41) is 0.597. The van der Waals surface area contributed by atoms with Crippen LogP contribution in [0.15, 0.2) is 18.2 Å². The largest absolute Gasteiger partial charge is 0.448 e. The van der Waals surface area contributed by atoms with E-state index in [4.69, 9.17) is 22.1 Å². The zero-order valence-corrected chi connectivity index (χ0v) is 8.83. The van der Waals surface area contributed by atoms with Gasteiger partial charge in [0.25, 0.3) is 0 Å². The molecule has 1 aromatic rings. The average molecular weight is 227 g/mol. The van der Waals surface area contributed by atoms with Crippen LogP contribution >= 0.6 is 11.6 Å². The van der Waals surface area contributed by atoms with Gasteiger partial charge in [0.05, 0.1) is 13.1 Å². The van der Waals surface area contributed by atoms with Crippen molar-refractivity contribution in [3.63, 3.8) is 0 Å². The van der Waals surface area contributed by atoms with E-state index in [1.807, 2.05) is 6.07 Å². The highest BCUT2D eigenvalue weighted by atomic mass is 35.5. The van der Waals surface area contributed by atoms with E-state index in [0.29, 0.717) is 30.4 Å². The number of nitrogens with zero attached hydrogens (tertiary/aromatic N) is 1. The van der Waals surface area contributed by atoms with Crippen LogP contribution in [-0.2, 0) is 11.3 Å². The van der Waals surface area contributed by atoms with Crippen LogP contribution in [0.3, 0.4) is 0 Å². The van der Waals surface area contributed by atoms with Crippen molar-refractivity contribution in [3.05, 3.63) is 28.8 Å². The number of nitrogen functional groups attached to an aromatic ring is 1. The molecule has 1 heterocycles. The van der Waals surface area contributed by atoms with Crippen LogP contribution in [0.2, 0.25) is 5.02 Å². The van der Waals surface area contributed by atoms with Crippen molar-refractivity contribution in [1.82, 2.24) is 4.90 Å². The molecule has 0 atom stereocenters. The Morgan fingerprint density at radius 3 is 2.93 bits per heavy atom. The number of cyclic esters (lactones) is 1. The van der Waals surface area contributed by atoms with Crippen molar-refractivity contribution in [1.29, 1.82) is 0 Å². The van der Waals surface area contributed by atoms with Gasteiger partial charge in [-0.3, -0.25) is 0 Å². The summed E-state index contributed by atoms with van der Waals surface area (Å²) < 4.78 is 4.82. The number of hydrogen-bond acceptors (Lipinski definition) is 3. The molecule has 80 valence electrons. The van der Waals surface area contributed by atoms with Gasteiger partial charge in [0.1, 0.15) is 6.61 Å². The Morgan fingerprint density at radius 1 is 1.53 bits per heavy atom. The number of carbonyl (C=O) groups is 1. The van der Waals surface area contributed by atoms with E-state index < -0.39 is 0 Å². The second-order valence-corrected chi connectivity index (χ2v) is 3.82. The normalized spacial score (nSPS) is 15.5. The van der Waals surface area contributed by atoms with Gasteiger partial charge in [-0.1, -0.05) is 17.7 Å². The predicted molar refractivity (Wildman–Crippen MR) is 57.6 cm³/mol. The molecule has 0 aromatic heterocycles. The van der Waals surface area contributed by atoms with E-state index >= 15 is 0 Å². The maximum Gasteiger partial charge on any atom is 0.410 e. The van der Waals surface area contributed by atoms with Crippen LogP contribution in [0.25, 0.3) is 0 Å². The summed E-state index contributed by atoms with van der Waals surface area (Å²) in [5.74, 6) is 0. The molecule has 1 aliphatic heterocycles. The number of halogens is 1. The zero-order valence-electron chi connectivity index (χ0n) is 8.07. The van der Waals surface area contributed by atoms with E-state index in [1.54, 1.807) is 17.0 Å². The van der Waals surface area contributed by atoms with E-state index in [9.17, 15) is 4.79 Å². The van der Waals surface area contributed by atoms with Crippen molar-refractivity contribution in [2.24, 2.45) is 0 Å². The Balaban J connectivity index is 2.13. The minimum atomic E-state index is -0.288. The summed E-state index contributed by atoms with van der Waals surface area (Å²) in [6.07, 6.45) is -0.288. The molecule has 5 heteroatoms. The molecule has 2 rings (SSSR count). The second kappa shape index (κ2) is 3.98. The molecule has 0 radical (unpaired) electrons. The summed E-state index contributed by atoms with van der Waals surface area (Å²) in [6, 6.07) is 5.26. The SMILES string of the molecule is Nc1cc(Cl)ccc1CN1CCOC1=O. The highest BCUT2D eigenvalue weighted by Crippen LogP contribution is 2.20. The lowest BCUT2D eigenvalue weighted by molar-refractivity contribution is 0.157. The van der Waals surface area contributed by atoms with E-state index in [0.717, 1.165) is 5.56 Å². The molecule has 1 aromatic carbocycles. The zero-order chi connectivity index (χ0) is 10.8. The van der Waals surface area contributed by atoms with Crippen molar-refractivity contribution in [2.75, 3.05) is 18.9 Å². The smallest absolute Gasteiger partial charge is 0.410 e. The Kier molecular flexibility index (Phi) is 2.68. The van der Waals surface area contributed by atoms with Crippen LogP contribution in [-0.4, -0.2) is 24.1 Å². The number of rotatable bonds is 2. The highest BCUT2D eigenvalue weighted by molar-refractivity contribution is 6.30. The number of carbonyl (C=O) groups excluding carboxylic acids is 1.